The van der Waals surface area contributed by atoms with Crippen molar-refractivity contribution < 1.29 is 0 Å². The molecule has 0 spiro atoms. The summed E-state index contributed by atoms with van der Waals surface area (Å²) in [5.41, 5.74) is 5.35. The third kappa shape index (κ3) is 1.66. The molecule has 2 nitrogen and oxygen atoms in total. The minimum atomic E-state index is 0.721. The third-order valence-electron chi connectivity index (χ3n) is 3.21. The molecule has 0 saturated heterocycles. The number of nitrogens with zero attached hydrogens (tertiary/aromatic N) is 1. The van der Waals surface area contributed by atoms with E-state index in [4.69, 9.17) is 5.26 Å². The molecule has 82 valence electrons. The summed E-state index contributed by atoms with van der Waals surface area (Å²) in [4.78, 5) is 0. The normalized spacial score (nSPS) is 12.6. The Labute approximate surface area is 101 Å². The van der Waals surface area contributed by atoms with E-state index < -0.39 is 0 Å². The van der Waals surface area contributed by atoms with E-state index in [2.05, 4.69) is 35.7 Å². The van der Waals surface area contributed by atoms with Crippen molar-refractivity contribution in [1.82, 2.24) is 0 Å². The van der Waals surface area contributed by atoms with Crippen LogP contribution in [0.4, 0.5) is 11.4 Å². The molecule has 0 unspecified atom stereocenters. The van der Waals surface area contributed by atoms with Crippen molar-refractivity contribution in [3.05, 3.63) is 59.2 Å². The summed E-state index contributed by atoms with van der Waals surface area (Å²) in [6.45, 7) is 0. The first-order chi connectivity index (χ1) is 8.38. The van der Waals surface area contributed by atoms with E-state index in [1.807, 2.05) is 18.2 Å². The number of nitrogens with one attached hydrogen (secondary N) is 1. The fourth-order valence-corrected chi connectivity index (χ4v) is 2.31. The summed E-state index contributed by atoms with van der Waals surface area (Å²) in [5, 5.41) is 12.5. The molecule has 1 N–H and O–H groups in total. The topological polar surface area (TPSA) is 35.8 Å². The van der Waals surface area contributed by atoms with Crippen LogP contribution in [-0.2, 0) is 12.8 Å². The maximum atomic E-state index is 9.14. The second-order valence-corrected chi connectivity index (χ2v) is 4.23. The van der Waals surface area contributed by atoms with Crippen molar-refractivity contribution in [3.8, 4) is 6.07 Å². The maximum absolute atomic E-state index is 9.14. The minimum absolute atomic E-state index is 0.721. The lowest BCUT2D eigenvalue weighted by Crippen LogP contribution is -1.96. The van der Waals surface area contributed by atoms with Crippen LogP contribution in [0.1, 0.15) is 16.7 Å². The fourth-order valence-electron chi connectivity index (χ4n) is 2.31. The van der Waals surface area contributed by atoms with Crippen LogP contribution in [0.2, 0.25) is 0 Å². The van der Waals surface area contributed by atoms with E-state index in [1.54, 1.807) is 0 Å². The first kappa shape index (κ1) is 9.92. The molecule has 3 rings (SSSR count). The monoisotopic (exact) mass is 220 g/mol. The van der Waals surface area contributed by atoms with Crippen molar-refractivity contribution in [2.24, 2.45) is 0 Å². The maximum Gasteiger partial charge on any atom is 0.101 e. The van der Waals surface area contributed by atoms with E-state index in [9.17, 15) is 0 Å². The third-order valence-corrected chi connectivity index (χ3v) is 3.21. The molecule has 0 aliphatic carbocycles. The summed E-state index contributed by atoms with van der Waals surface area (Å²) >= 11 is 0. The van der Waals surface area contributed by atoms with E-state index in [0.717, 1.165) is 29.8 Å². The van der Waals surface area contributed by atoms with Crippen LogP contribution in [0, 0.1) is 11.3 Å². The molecule has 1 aliphatic rings. The van der Waals surface area contributed by atoms with Gasteiger partial charge in [0.1, 0.15) is 6.07 Å². The molecule has 17 heavy (non-hydrogen) atoms. The number of fused-ring (bicyclic) bond motifs is 2. The lowest BCUT2D eigenvalue weighted by atomic mass is 10.0. The number of benzene rings is 2. The molecular weight excluding hydrogens is 208 g/mol. The first-order valence-corrected chi connectivity index (χ1v) is 5.75. The highest BCUT2D eigenvalue weighted by Crippen LogP contribution is 2.31. The molecule has 0 atom stereocenters. The van der Waals surface area contributed by atoms with Gasteiger partial charge in [-0.2, -0.15) is 5.26 Å². The Morgan fingerprint density at radius 1 is 0.941 bits per heavy atom. The van der Waals surface area contributed by atoms with Gasteiger partial charge in [-0.1, -0.05) is 30.3 Å². The Balaban J connectivity index is 2.16. The summed E-state index contributed by atoms with van der Waals surface area (Å²) < 4.78 is 0. The minimum Gasteiger partial charge on any atom is -0.354 e. The van der Waals surface area contributed by atoms with Crippen LogP contribution < -0.4 is 5.32 Å². The van der Waals surface area contributed by atoms with Crippen LogP contribution in [-0.4, -0.2) is 0 Å². The number of para-hydroxylation sites is 2. The average Bonchev–Trinajstić information content (AvgIpc) is 2.57. The standard InChI is InChI=1S/C15H12N2/c16-10-13-6-3-5-12-9-8-11-4-1-2-7-14(11)17-15(12)13/h1-7,17H,8-9H2. The zero-order chi connectivity index (χ0) is 11.7. The lowest BCUT2D eigenvalue weighted by Gasteiger charge is -2.10. The zero-order valence-electron chi connectivity index (χ0n) is 9.40. The molecule has 0 bridgehead atoms. The zero-order valence-corrected chi connectivity index (χ0v) is 9.40. The highest BCUT2D eigenvalue weighted by atomic mass is 14.9. The van der Waals surface area contributed by atoms with Gasteiger partial charge in [0.25, 0.3) is 0 Å². The highest BCUT2D eigenvalue weighted by Gasteiger charge is 2.14. The van der Waals surface area contributed by atoms with Crippen molar-refractivity contribution in [2.75, 3.05) is 5.32 Å². The van der Waals surface area contributed by atoms with Crippen molar-refractivity contribution in [2.45, 2.75) is 12.8 Å². The molecule has 2 heteroatoms. The van der Waals surface area contributed by atoms with E-state index in [1.165, 1.54) is 11.1 Å². The molecule has 0 radical (unpaired) electrons. The molecule has 0 amide bonds. The quantitative estimate of drug-likeness (QED) is 0.738. The highest BCUT2D eigenvalue weighted by molar-refractivity contribution is 5.73. The van der Waals surface area contributed by atoms with Crippen LogP contribution >= 0.6 is 0 Å². The van der Waals surface area contributed by atoms with Crippen LogP contribution in [0.25, 0.3) is 0 Å². The molecule has 2 aromatic rings. The Morgan fingerprint density at radius 3 is 2.59 bits per heavy atom. The Hall–Kier alpha value is -2.27. The molecule has 1 aliphatic heterocycles. The second-order valence-electron chi connectivity index (χ2n) is 4.23. The molecule has 0 saturated carbocycles. The van der Waals surface area contributed by atoms with Crippen LogP contribution in [0.15, 0.2) is 42.5 Å². The van der Waals surface area contributed by atoms with Gasteiger partial charge in [0, 0.05) is 5.69 Å². The number of hydrogen-bond donors (Lipinski definition) is 1. The van der Waals surface area contributed by atoms with Crippen LogP contribution in [0.5, 0.6) is 0 Å². The van der Waals surface area contributed by atoms with E-state index in [0.29, 0.717) is 0 Å². The summed E-state index contributed by atoms with van der Waals surface area (Å²) in [7, 11) is 0. The van der Waals surface area contributed by atoms with E-state index in [-0.39, 0.29) is 0 Å². The van der Waals surface area contributed by atoms with Crippen molar-refractivity contribution in [1.29, 1.82) is 5.26 Å². The lowest BCUT2D eigenvalue weighted by molar-refractivity contribution is 0.977. The largest absolute Gasteiger partial charge is 0.354 e. The number of anilines is 2. The van der Waals surface area contributed by atoms with Gasteiger partial charge in [-0.3, -0.25) is 0 Å². The Kier molecular flexibility index (Phi) is 2.31. The smallest absolute Gasteiger partial charge is 0.101 e. The van der Waals surface area contributed by atoms with Crippen LogP contribution in [0.3, 0.4) is 0 Å². The number of aryl methyl sites for hydroxylation is 2. The average molecular weight is 220 g/mol. The fraction of sp³-hybridized carbons (Fsp3) is 0.133. The number of rotatable bonds is 0. The second kappa shape index (κ2) is 3.95. The van der Waals surface area contributed by atoms with Gasteiger partial charge in [-0.25, -0.2) is 0 Å². The van der Waals surface area contributed by atoms with Gasteiger partial charge in [-0.15, -0.1) is 0 Å². The SMILES string of the molecule is N#Cc1cccc2c1Nc1ccccc1CC2. The number of hydrogen-bond acceptors (Lipinski definition) is 2. The molecule has 0 aromatic heterocycles. The first-order valence-electron chi connectivity index (χ1n) is 5.75. The Morgan fingerprint density at radius 2 is 1.71 bits per heavy atom. The molecule has 0 fully saturated rings. The van der Waals surface area contributed by atoms with Gasteiger partial charge in [0.2, 0.25) is 0 Å². The summed E-state index contributed by atoms with van der Waals surface area (Å²) in [6, 6.07) is 16.4. The van der Waals surface area contributed by atoms with Gasteiger partial charge < -0.3 is 5.32 Å². The summed E-state index contributed by atoms with van der Waals surface area (Å²) in [6.07, 6.45) is 2.00. The molecule has 1 heterocycles. The molecular formula is C15H12N2. The van der Waals surface area contributed by atoms with Crippen molar-refractivity contribution in [3.63, 3.8) is 0 Å². The predicted molar refractivity (Wildman–Crippen MR) is 68.3 cm³/mol. The van der Waals surface area contributed by atoms with Gasteiger partial charge in [0.05, 0.1) is 11.3 Å². The molecule has 2 aromatic carbocycles. The summed E-state index contributed by atoms with van der Waals surface area (Å²) in [5.74, 6) is 0. The predicted octanol–water partition coefficient (Wildman–Crippen LogP) is 3.40. The van der Waals surface area contributed by atoms with Gasteiger partial charge in [0.15, 0.2) is 0 Å². The van der Waals surface area contributed by atoms with Gasteiger partial charge >= 0.3 is 0 Å². The number of nitriles is 1. The Bertz CT molecular complexity index is 609. The van der Waals surface area contributed by atoms with Gasteiger partial charge in [-0.05, 0) is 36.1 Å². The van der Waals surface area contributed by atoms with Crippen molar-refractivity contribution >= 4 is 11.4 Å². The van der Waals surface area contributed by atoms with E-state index >= 15 is 0 Å².